The minimum Gasteiger partial charge on any atom is -0.378 e. The van der Waals surface area contributed by atoms with Crippen LogP contribution in [0.15, 0.2) is 0 Å². The van der Waals surface area contributed by atoms with Gasteiger partial charge in [0.15, 0.2) is 0 Å². The molecule has 1 aliphatic rings. The highest BCUT2D eigenvalue weighted by Crippen LogP contribution is 2.34. The molecule has 1 rings (SSSR count). The van der Waals surface area contributed by atoms with Crippen molar-refractivity contribution in [3.8, 4) is 6.07 Å². The molecule has 2 heteroatoms. The van der Waals surface area contributed by atoms with E-state index in [1.807, 2.05) is 0 Å². The first kappa shape index (κ1) is 6.57. The lowest BCUT2D eigenvalue weighted by molar-refractivity contribution is -0.101. The Labute approximate surface area is 55.4 Å². The smallest absolute Gasteiger partial charge is 0.106 e. The van der Waals surface area contributed by atoms with Crippen molar-refractivity contribution < 1.29 is 4.74 Å². The molecule has 0 aromatic rings. The molecule has 0 bridgehead atoms. The second-order valence-electron chi connectivity index (χ2n) is 2.92. The third-order valence-electron chi connectivity index (χ3n) is 2.05. The highest BCUT2D eigenvalue weighted by atomic mass is 16.5. The summed E-state index contributed by atoms with van der Waals surface area (Å²) in [5, 5.41) is 8.68. The molecule has 0 N–H and O–H groups in total. The minimum atomic E-state index is -0.153. The largest absolute Gasteiger partial charge is 0.378 e. The molecule has 0 atom stereocenters. The molecule has 1 aliphatic heterocycles. The predicted octanol–water partition coefficient (Wildman–Crippen LogP) is 1.18. The lowest BCUT2D eigenvalue weighted by Crippen LogP contribution is -2.45. The Bertz CT molecular complexity index is 141. The van der Waals surface area contributed by atoms with Gasteiger partial charge in [-0.05, 0) is 5.92 Å². The van der Waals surface area contributed by atoms with E-state index in [4.69, 9.17) is 10.00 Å². The summed E-state index contributed by atoms with van der Waals surface area (Å²) in [5.41, 5.74) is -0.153. The van der Waals surface area contributed by atoms with Crippen molar-refractivity contribution in [2.75, 3.05) is 13.2 Å². The maximum Gasteiger partial charge on any atom is 0.106 e. The molecule has 1 fully saturated rings. The van der Waals surface area contributed by atoms with Crippen molar-refractivity contribution in [2.45, 2.75) is 13.8 Å². The zero-order chi connectivity index (χ0) is 6.91. The Balaban J connectivity index is 2.60. The first-order valence-corrected chi connectivity index (χ1v) is 3.20. The number of nitrogens with zero attached hydrogens (tertiary/aromatic N) is 1. The third kappa shape index (κ3) is 0.818. The summed E-state index contributed by atoms with van der Waals surface area (Å²) in [5.74, 6) is 0.427. The Kier molecular flexibility index (Phi) is 1.46. The van der Waals surface area contributed by atoms with Crippen molar-refractivity contribution in [1.82, 2.24) is 0 Å². The normalized spacial score (nSPS) is 22.9. The van der Waals surface area contributed by atoms with Gasteiger partial charge in [0.1, 0.15) is 5.41 Å². The molecule has 1 heterocycles. The maximum absolute atomic E-state index is 8.68. The van der Waals surface area contributed by atoms with Crippen molar-refractivity contribution in [2.24, 2.45) is 11.3 Å². The Morgan fingerprint density at radius 1 is 1.56 bits per heavy atom. The highest BCUT2D eigenvalue weighted by Gasteiger charge is 2.41. The molecule has 0 spiro atoms. The van der Waals surface area contributed by atoms with E-state index in [2.05, 4.69) is 19.9 Å². The molecule has 0 unspecified atom stereocenters. The molecule has 0 aliphatic carbocycles. The van der Waals surface area contributed by atoms with Crippen LogP contribution in [0, 0.1) is 22.7 Å². The summed E-state index contributed by atoms with van der Waals surface area (Å²) in [6, 6.07) is 2.29. The summed E-state index contributed by atoms with van der Waals surface area (Å²) >= 11 is 0. The van der Waals surface area contributed by atoms with Crippen LogP contribution >= 0.6 is 0 Å². The van der Waals surface area contributed by atoms with E-state index >= 15 is 0 Å². The second kappa shape index (κ2) is 2.00. The van der Waals surface area contributed by atoms with E-state index in [0.29, 0.717) is 19.1 Å². The van der Waals surface area contributed by atoms with Gasteiger partial charge in [0.2, 0.25) is 0 Å². The molecule has 0 aromatic heterocycles. The van der Waals surface area contributed by atoms with Crippen LogP contribution in [0.25, 0.3) is 0 Å². The fraction of sp³-hybridized carbons (Fsp3) is 0.857. The zero-order valence-corrected chi connectivity index (χ0v) is 5.85. The summed E-state index contributed by atoms with van der Waals surface area (Å²) in [7, 11) is 0. The van der Waals surface area contributed by atoms with Crippen LogP contribution in [0.4, 0.5) is 0 Å². The predicted molar refractivity (Wildman–Crippen MR) is 33.7 cm³/mol. The van der Waals surface area contributed by atoms with Crippen molar-refractivity contribution in [3.63, 3.8) is 0 Å². The highest BCUT2D eigenvalue weighted by molar-refractivity contribution is 5.05. The van der Waals surface area contributed by atoms with Gasteiger partial charge in [-0.1, -0.05) is 13.8 Å². The van der Waals surface area contributed by atoms with E-state index in [9.17, 15) is 0 Å². The van der Waals surface area contributed by atoms with E-state index in [1.165, 1.54) is 0 Å². The summed E-state index contributed by atoms with van der Waals surface area (Å²) in [4.78, 5) is 0. The maximum atomic E-state index is 8.68. The van der Waals surface area contributed by atoms with Crippen LogP contribution in [-0.4, -0.2) is 13.2 Å². The van der Waals surface area contributed by atoms with Crippen LogP contribution < -0.4 is 0 Å². The number of hydrogen-bond donors (Lipinski definition) is 0. The molecule has 0 amide bonds. The Morgan fingerprint density at radius 2 is 2.11 bits per heavy atom. The number of hydrogen-bond acceptors (Lipinski definition) is 2. The molecule has 1 saturated heterocycles. The third-order valence-corrected chi connectivity index (χ3v) is 2.05. The average Bonchev–Trinajstić information content (AvgIpc) is 1.62. The number of ether oxygens (including phenoxy) is 1. The fourth-order valence-electron chi connectivity index (χ4n) is 0.849. The van der Waals surface area contributed by atoms with Crippen LogP contribution in [0.3, 0.4) is 0 Å². The fourth-order valence-corrected chi connectivity index (χ4v) is 0.849. The molecule has 2 nitrogen and oxygen atoms in total. The Morgan fingerprint density at radius 3 is 2.11 bits per heavy atom. The summed E-state index contributed by atoms with van der Waals surface area (Å²) < 4.78 is 4.97. The quantitative estimate of drug-likeness (QED) is 0.527. The lowest BCUT2D eigenvalue weighted by atomic mass is 9.77. The summed E-state index contributed by atoms with van der Waals surface area (Å²) in [6.07, 6.45) is 0. The van der Waals surface area contributed by atoms with Crippen molar-refractivity contribution in [3.05, 3.63) is 0 Å². The van der Waals surface area contributed by atoms with Gasteiger partial charge in [0, 0.05) is 0 Å². The second-order valence-corrected chi connectivity index (χ2v) is 2.92. The van der Waals surface area contributed by atoms with E-state index < -0.39 is 0 Å². The van der Waals surface area contributed by atoms with Crippen LogP contribution in [-0.2, 0) is 4.74 Å². The van der Waals surface area contributed by atoms with E-state index in [0.717, 1.165) is 0 Å². The summed E-state index contributed by atoms with van der Waals surface area (Å²) in [6.45, 7) is 5.37. The molecule has 50 valence electrons. The topological polar surface area (TPSA) is 33.0 Å². The molecule has 0 radical (unpaired) electrons. The van der Waals surface area contributed by atoms with Gasteiger partial charge in [-0.2, -0.15) is 5.26 Å². The first-order valence-electron chi connectivity index (χ1n) is 3.20. The molecular weight excluding hydrogens is 114 g/mol. The molecule has 9 heavy (non-hydrogen) atoms. The standard InChI is InChI=1S/C7H11NO/c1-6(2)7(3-8)4-9-5-7/h6H,4-5H2,1-2H3. The van der Waals surface area contributed by atoms with Crippen molar-refractivity contribution >= 4 is 0 Å². The number of rotatable bonds is 1. The van der Waals surface area contributed by atoms with E-state index in [1.54, 1.807) is 0 Å². The molecule has 0 aromatic carbocycles. The van der Waals surface area contributed by atoms with Gasteiger partial charge in [-0.25, -0.2) is 0 Å². The molecular formula is C7H11NO. The average molecular weight is 125 g/mol. The lowest BCUT2D eigenvalue weighted by Gasteiger charge is -2.38. The minimum absolute atomic E-state index is 0.153. The van der Waals surface area contributed by atoms with E-state index in [-0.39, 0.29) is 5.41 Å². The van der Waals surface area contributed by atoms with Gasteiger partial charge in [0.25, 0.3) is 0 Å². The van der Waals surface area contributed by atoms with Gasteiger partial charge >= 0.3 is 0 Å². The SMILES string of the molecule is CC(C)C1(C#N)COC1. The van der Waals surface area contributed by atoms with Crippen LogP contribution in [0.5, 0.6) is 0 Å². The Hall–Kier alpha value is -0.550. The first-order chi connectivity index (χ1) is 4.21. The monoisotopic (exact) mass is 125 g/mol. The molecule has 0 saturated carbocycles. The van der Waals surface area contributed by atoms with Crippen LogP contribution in [0.2, 0.25) is 0 Å². The number of nitriles is 1. The van der Waals surface area contributed by atoms with Gasteiger partial charge in [-0.3, -0.25) is 0 Å². The van der Waals surface area contributed by atoms with Gasteiger partial charge in [-0.15, -0.1) is 0 Å². The van der Waals surface area contributed by atoms with Crippen LogP contribution in [0.1, 0.15) is 13.8 Å². The zero-order valence-electron chi connectivity index (χ0n) is 5.85. The van der Waals surface area contributed by atoms with Gasteiger partial charge in [0.05, 0.1) is 19.3 Å². The van der Waals surface area contributed by atoms with Crippen molar-refractivity contribution in [1.29, 1.82) is 5.26 Å². The van der Waals surface area contributed by atoms with Gasteiger partial charge < -0.3 is 4.74 Å².